The Hall–Kier alpha value is -2.30. The van der Waals surface area contributed by atoms with Crippen molar-refractivity contribution in [1.29, 1.82) is 0 Å². The summed E-state index contributed by atoms with van der Waals surface area (Å²) in [5.41, 5.74) is 1.76. The van der Waals surface area contributed by atoms with Crippen LogP contribution in [0.3, 0.4) is 0 Å². The largest absolute Gasteiger partial charge is 0.481 e. The second-order valence-corrected chi connectivity index (χ2v) is 4.32. The number of pyridine rings is 1. The van der Waals surface area contributed by atoms with Crippen molar-refractivity contribution >= 4 is 5.97 Å². The van der Waals surface area contributed by atoms with Gasteiger partial charge in [-0.1, -0.05) is 0 Å². The van der Waals surface area contributed by atoms with Crippen molar-refractivity contribution in [2.45, 2.75) is 12.3 Å². The van der Waals surface area contributed by atoms with E-state index < -0.39 is 5.97 Å². The molecule has 0 amide bonds. The first-order valence-corrected chi connectivity index (χ1v) is 5.72. The van der Waals surface area contributed by atoms with E-state index in [2.05, 4.69) is 15.0 Å². The smallest absolute Gasteiger partial charge is 0.307 e. The van der Waals surface area contributed by atoms with Crippen LogP contribution in [0.25, 0.3) is 11.3 Å². The number of hydrogen-bond acceptors (Lipinski definition) is 4. The van der Waals surface area contributed by atoms with Crippen molar-refractivity contribution in [1.82, 2.24) is 15.0 Å². The van der Waals surface area contributed by atoms with Gasteiger partial charge in [0.05, 0.1) is 11.6 Å². The molecule has 0 spiro atoms. The quantitative estimate of drug-likeness (QED) is 0.885. The molecule has 2 unspecified atom stereocenters. The molecule has 2 heterocycles. The normalized spacial score (nSPS) is 21.6. The maximum Gasteiger partial charge on any atom is 0.307 e. The van der Waals surface area contributed by atoms with E-state index in [1.807, 2.05) is 18.2 Å². The number of aromatic nitrogens is 3. The number of aliphatic carboxylic acids is 1. The molecule has 1 saturated carbocycles. The summed E-state index contributed by atoms with van der Waals surface area (Å²) < 4.78 is 0. The van der Waals surface area contributed by atoms with Crippen LogP contribution < -0.4 is 0 Å². The molecular weight excluding hydrogens is 230 g/mol. The average molecular weight is 241 g/mol. The zero-order valence-corrected chi connectivity index (χ0v) is 9.52. The molecule has 2 aromatic rings. The van der Waals surface area contributed by atoms with Crippen LogP contribution in [0.4, 0.5) is 0 Å². The molecule has 5 heteroatoms. The molecule has 1 aliphatic carbocycles. The van der Waals surface area contributed by atoms with Gasteiger partial charge in [-0.15, -0.1) is 0 Å². The van der Waals surface area contributed by atoms with Crippen LogP contribution in [0.15, 0.2) is 36.8 Å². The highest BCUT2D eigenvalue weighted by atomic mass is 16.4. The molecule has 2 aromatic heterocycles. The third-order valence-electron chi connectivity index (χ3n) is 3.09. The van der Waals surface area contributed by atoms with Crippen molar-refractivity contribution in [3.8, 4) is 11.3 Å². The third-order valence-corrected chi connectivity index (χ3v) is 3.09. The van der Waals surface area contributed by atoms with E-state index in [-0.39, 0.29) is 11.8 Å². The van der Waals surface area contributed by atoms with E-state index in [1.54, 1.807) is 18.6 Å². The minimum atomic E-state index is -0.766. The van der Waals surface area contributed by atoms with Gasteiger partial charge in [0.1, 0.15) is 5.82 Å². The van der Waals surface area contributed by atoms with Crippen LogP contribution in [-0.4, -0.2) is 26.0 Å². The van der Waals surface area contributed by atoms with Crippen LogP contribution in [0.1, 0.15) is 18.2 Å². The zero-order valence-electron chi connectivity index (χ0n) is 9.52. The first-order chi connectivity index (χ1) is 8.75. The van der Waals surface area contributed by atoms with Crippen molar-refractivity contribution in [2.75, 3.05) is 0 Å². The second-order valence-electron chi connectivity index (χ2n) is 4.32. The van der Waals surface area contributed by atoms with Gasteiger partial charge in [-0.2, -0.15) is 0 Å². The van der Waals surface area contributed by atoms with Crippen molar-refractivity contribution in [3.63, 3.8) is 0 Å². The molecule has 0 aliphatic heterocycles. The van der Waals surface area contributed by atoms with E-state index in [9.17, 15) is 4.79 Å². The highest BCUT2D eigenvalue weighted by Crippen LogP contribution is 2.46. The van der Waals surface area contributed by atoms with Gasteiger partial charge >= 0.3 is 5.97 Å². The maximum atomic E-state index is 10.8. The van der Waals surface area contributed by atoms with Crippen molar-refractivity contribution in [3.05, 3.63) is 42.6 Å². The molecule has 5 nitrogen and oxygen atoms in total. The van der Waals surface area contributed by atoms with Gasteiger partial charge in [-0.05, 0) is 24.6 Å². The SMILES string of the molecule is O=C(O)C1CC1c1nccc(-c2ccncc2)n1. The minimum Gasteiger partial charge on any atom is -0.481 e. The average Bonchev–Trinajstić information content (AvgIpc) is 3.20. The molecule has 1 N–H and O–H groups in total. The van der Waals surface area contributed by atoms with Crippen LogP contribution in [0, 0.1) is 5.92 Å². The lowest BCUT2D eigenvalue weighted by Gasteiger charge is -2.02. The molecule has 0 radical (unpaired) electrons. The third kappa shape index (κ3) is 1.95. The zero-order chi connectivity index (χ0) is 12.5. The predicted octanol–water partition coefficient (Wildman–Crippen LogP) is 1.73. The summed E-state index contributed by atoms with van der Waals surface area (Å²) in [4.78, 5) is 23.4. The highest BCUT2D eigenvalue weighted by molar-refractivity contribution is 5.75. The molecule has 1 fully saturated rings. The highest BCUT2D eigenvalue weighted by Gasteiger charge is 2.46. The Labute approximate surface area is 104 Å². The lowest BCUT2D eigenvalue weighted by atomic mass is 10.2. The number of carboxylic acid groups (broad SMARTS) is 1. The van der Waals surface area contributed by atoms with E-state index >= 15 is 0 Å². The molecular formula is C13H11N3O2. The lowest BCUT2D eigenvalue weighted by molar-refractivity contribution is -0.138. The van der Waals surface area contributed by atoms with Gasteiger partial charge in [0.25, 0.3) is 0 Å². The Morgan fingerprint density at radius 3 is 2.67 bits per heavy atom. The Bertz CT molecular complexity index is 586. The summed E-state index contributed by atoms with van der Waals surface area (Å²) in [5.74, 6) is -0.503. The van der Waals surface area contributed by atoms with Gasteiger partial charge in [0.15, 0.2) is 0 Å². The summed E-state index contributed by atoms with van der Waals surface area (Å²) in [6.07, 6.45) is 5.72. The molecule has 2 atom stereocenters. The fourth-order valence-corrected chi connectivity index (χ4v) is 1.99. The number of rotatable bonds is 3. The van der Waals surface area contributed by atoms with Crippen LogP contribution in [0.5, 0.6) is 0 Å². The number of hydrogen-bond donors (Lipinski definition) is 1. The van der Waals surface area contributed by atoms with Gasteiger partial charge in [-0.25, -0.2) is 9.97 Å². The summed E-state index contributed by atoms with van der Waals surface area (Å²) >= 11 is 0. The van der Waals surface area contributed by atoms with E-state index in [0.29, 0.717) is 12.2 Å². The first kappa shape index (κ1) is 10.8. The molecule has 18 heavy (non-hydrogen) atoms. The lowest BCUT2D eigenvalue weighted by Crippen LogP contribution is -2.02. The van der Waals surface area contributed by atoms with Gasteiger partial charge in [0.2, 0.25) is 0 Å². The first-order valence-electron chi connectivity index (χ1n) is 5.72. The molecule has 0 bridgehead atoms. The molecule has 90 valence electrons. The predicted molar refractivity (Wildman–Crippen MR) is 63.7 cm³/mol. The van der Waals surface area contributed by atoms with E-state index in [4.69, 9.17) is 5.11 Å². The van der Waals surface area contributed by atoms with Crippen LogP contribution in [-0.2, 0) is 4.79 Å². The number of carboxylic acids is 1. The van der Waals surface area contributed by atoms with Crippen LogP contribution in [0.2, 0.25) is 0 Å². The molecule has 3 rings (SSSR count). The summed E-state index contributed by atoms with van der Waals surface area (Å²) in [7, 11) is 0. The Balaban J connectivity index is 1.89. The monoisotopic (exact) mass is 241 g/mol. The number of carbonyl (C=O) groups is 1. The Morgan fingerprint density at radius 1 is 1.22 bits per heavy atom. The van der Waals surface area contributed by atoms with Gasteiger partial charge in [-0.3, -0.25) is 9.78 Å². The Kier molecular flexibility index (Phi) is 2.51. The Morgan fingerprint density at radius 2 is 2.00 bits per heavy atom. The van der Waals surface area contributed by atoms with Crippen molar-refractivity contribution < 1.29 is 9.90 Å². The fourth-order valence-electron chi connectivity index (χ4n) is 1.99. The molecule has 1 aliphatic rings. The van der Waals surface area contributed by atoms with Crippen LogP contribution >= 0.6 is 0 Å². The summed E-state index contributed by atoms with van der Waals surface area (Å²) in [6, 6.07) is 5.55. The number of nitrogens with zero attached hydrogens (tertiary/aromatic N) is 3. The van der Waals surface area contributed by atoms with Gasteiger partial charge < -0.3 is 5.11 Å². The van der Waals surface area contributed by atoms with Crippen molar-refractivity contribution in [2.24, 2.45) is 5.92 Å². The minimum absolute atomic E-state index is 0.0377. The topological polar surface area (TPSA) is 76.0 Å². The van der Waals surface area contributed by atoms with E-state index in [1.165, 1.54) is 0 Å². The standard InChI is InChI=1S/C13H11N3O2/c17-13(18)10-7-9(10)12-15-6-3-11(16-12)8-1-4-14-5-2-8/h1-6,9-10H,7H2,(H,17,18). The maximum absolute atomic E-state index is 10.8. The van der Waals surface area contributed by atoms with E-state index in [0.717, 1.165) is 11.3 Å². The fraction of sp³-hybridized carbons (Fsp3) is 0.231. The molecule has 0 saturated heterocycles. The second kappa shape index (κ2) is 4.18. The summed E-state index contributed by atoms with van der Waals surface area (Å²) in [6.45, 7) is 0. The summed E-state index contributed by atoms with van der Waals surface area (Å²) in [5, 5.41) is 8.91. The molecule has 0 aromatic carbocycles. The van der Waals surface area contributed by atoms with Gasteiger partial charge in [0, 0.05) is 30.1 Å².